The van der Waals surface area contributed by atoms with Gasteiger partial charge in [0.25, 0.3) is 0 Å². The van der Waals surface area contributed by atoms with Gasteiger partial charge in [0.1, 0.15) is 11.8 Å². The minimum Gasteiger partial charge on any atom is -0.380 e. The zero-order chi connectivity index (χ0) is 13.2. The molecular weight excluding hydrogens is 226 g/mol. The van der Waals surface area contributed by atoms with Crippen LogP contribution >= 0.6 is 0 Å². The summed E-state index contributed by atoms with van der Waals surface area (Å²) >= 11 is 0. The van der Waals surface area contributed by atoms with E-state index in [0.29, 0.717) is 5.69 Å². The fraction of sp³-hybridized carbons (Fsp3) is 0.643. The number of nitrogens with one attached hydrogen (secondary N) is 1. The zero-order valence-corrected chi connectivity index (χ0v) is 11.4. The van der Waals surface area contributed by atoms with Gasteiger partial charge in [-0.2, -0.15) is 5.26 Å². The van der Waals surface area contributed by atoms with Crippen LogP contribution in [-0.2, 0) is 18.3 Å². The number of hydrogen-bond acceptors (Lipinski definition) is 3. The predicted octanol–water partition coefficient (Wildman–Crippen LogP) is 1.86. The van der Waals surface area contributed by atoms with Gasteiger partial charge in [-0.1, -0.05) is 0 Å². The highest BCUT2D eigenvalue weighted by atomic mass is 16.5. The van der Waals surface area contributed by atoms with Gasteiger partial charge in [0.2, 0.25) is 0 Å². The lowest BCUT2D eigenvalue weighted by molar-refractivity contribution is 0.0277. The summed E-state index contributed by atoms with van der Waals surface area (Å²) in [7, 11) is 1.93. The topological polar surface area (TPSA) is 50.0 Å². The first kappa shape index (κ1) is 13.1. The van der Waals surface area contributed by atoms with Crippen molar-refractivity contribution >= 4 is 0 Å². The molecule has 1 N–H and O–H groups in total. The third-order valence-electron chi connectivity index (χ3n) is 3.90. The summed E-state index contributed by atoms with van der Waals surface area (Å²) in [5.41, 5.74) is 3.13. The molecular formula is C14H21N3O. The molecule has 4 nitrogen and oxygen atoms in total. The number of aromatic nitrogens is 1. The molecule has 18 heavy (non-hydrogen) atoms. The van der Waals surface area contributed by atoms with E-state index < -0.39 is 0 Å². The molecule has 98 valence electrons. The van der Waals surface area contributed by atoms with Crippen molar-refractivity contribution in [2.24, 2.45) is 7.05 Å². The van der Waals surface area contributed by atoms with Crippen molar-refractivity contribution in [2.45, 2.75) is 38.8 Å². The highest BCUT2D eigenvalue weighted by molar-refractivity contribution is 5.34. The molecule has 1 aliphatic heterocycles. The van der Waals surface area contributed by atoms with Crippen LogP contribution in [0.3, 0.4) is 0 Å². The molecule has 0 amide bonds. The van der Waals surface area contributed by atoms with Crippen LogP contribution in [0.25, 0.3) is 0 Å². The Morgan fingerprint density at radius 3 is 2.94 bits per heavy atom. The third kappa shape index (κ3) is 2.58. The maximum Gasteiger partial charge on any atom is 0.120 e. The summed E-state index contributed by atoms with van der Waals surface area (Å²) in [6.07, 6.45) is 2.25. The highest BCUT2D eigenvalue weighted by Crippen LogP contribution is 2.20. The van der Waals surface area contributed by atoms with Gasteiger partial charge in [-0.25, -0.2) is 0 Å². The molecule has 0 aliphatic carbocycles. The lowest BCUT2D eigenvalue weighted by Gasteiger charge is -2.34. The summed E-state index contributed by atoms with van der Waals surface area (Å²) in [4.78, 5) is 0. The van der Waals surface area contributed by atoms with Crippen LogP contribution < -0.4 is 5.32 Å². The Hall–Kier alpha value is -1.31. The molecule has 4 heteroatoms. The molecule has 0 spiro atoms. The van der Waals surface area contributed by atoms with E-state index in [4.69, 9.17) is 10.00 Å². The lowest BCUT2D eigenvalue weighted by atomic mass is 9.94. The Morgan fingerprint density at radius 2 is 2.39 bits per heavy atom. The second-order valence-electron chi connectivity index (χ2n) is 5.38. The molecule has 0 radical (unpaired) electrons. The molecule has 0 saturated carbocycles. The molecule has 1 fully saturated rings. The first-order valence-electron chi connectivity index (χ1n) is 6.44. The maximum absolute atomic E-state index is 9.01. The van der Waals surface area contributed by atoms with Gasteiger partial charge >= 0.3 is 0 Å². The molecule has 1 unspecified atom stereocenters. The van der Waals surface area contributed by atoms with Crippen LogP contribution in [0.15, 0.2) is 6.07 Å². The van der Waals surface area contributed by atoms with Crippen molar-refractivity contribution in [1.29, 1.82) is 5.26 Å². The Bertz CT molecular complexity index is 464. The molecule has 0 bridgehead atoms. The van der Waals surface area contributed by atoms with Crippen molar-refractivity contribution < 1.29 is 4.74 Å². The molecule has 2 rings (SSSR count). The van der Waals surface area contributed by atoms with Gasteiger partial charge in [0.05, 0.1) is 6.61 Å². The van der Waals surface area contributed by atoms with Gasteiger partial charge in [-0.05, 0) is 38.3 Å². The zero-order valence-electron chi connectivity index (χ0n) is 11.4. The number of ether oxygens (including phenoxy) is 1. The van der Waals surface area contributed by atoms with E-state index in [9.17, 15) is 0 Å². The first-order chi connectivity index (χ1) is 8.56. The van der Waals surface area contributed by atoms with Crippen molar-refractivity contribution in [1.82, 2.24) is 9.88 Å². The van der Waals surface area contributed by atoms with E-state index in [1.165, 1.54) is 5.56 Å². The average Bonchev–Trinajstić information content (AvgIpc) is 2.65. The van der Waals surface area contributed by atoms with Crippen molar-refractivity contribution in [3.8, 4) is 6.07 Å². The Balaban J connectivity index is 2.04. The second-order valence-corrected chi connectivity index (χ2v) is 5.38. The Morgan fingerprint density at radius 1 is 1.61 bits per heavy atom. The summed E-state index contributed by atoms with van der Waals surface area (Å²) in [6.45, 7) is 6.69. The monoisotopic (exact) mass is 247 g/mol. The maximum atomic E-state index is 9.01. The normalized spacial score (nSPS) is 23.9. The minimum atomic E-state index is 0.0628. The quantitative estimate of drug-likeness (QED) is 0.887. The number of rotatable bonds is 3. The molecule has 1 saturated heterocycles. The van der Waals surface area contributed by atoms with Gasteiger partial charge in [-0.15, -0.1) is 0 Å². The summed E-state index contributed by atoms with van der Waals surface area (Å²) in [6, 6.07) is 4.18. The van der Waals surface area contributed by atoms with E-state index in [2.05, 4.69) is 25.2 Å². The highest BCUT2D eigenvalue weighted by Gasteiger charge is 2.27. The van der Waals surface area contributed by atoms with Gasteiger partial charge < -0.3 is 14.6 Å². The summed E-state index contributed by atoms with van der Waals surface area (Å²) < 4.78 is 7.47. The average molecular weight is 247 g/mol. The second kappa shape index (κ2) is 5.13. The van der Waals surface area contributed by atoms with E-state index in [1.54, 1.807) is 0 Å². The number of hydrogen-bond donors (Lipinski definition) is 1. The fourth-order valence-corrected chi connectivity index (χ4v) is 2.43. The molecule has 2 heterocycles. The Kier molecular flexibility index (Phi) is 3.74. The van der Waals surface area contributed by atoms with Crippen LogP contribution in [0.5, 0.6) is 0 Å². The third-order valence-corrected chi connectivity index (χ3v) is 3.90. The Labute approximate surface area is 109 Å². The fourth-order valence-electron chi connectivity index (χ4n) is 2.43. The smallest absolute Gasteiger partial charge is 0.120 e. The number of nitriles is 1. The molecule has 1 atom stereocenters. The van der Waals surface area contributed by atoms with E-state index in [-0.39, 0.29) is 5.54 Å². The minimum absolute atomic E-state index is 0.0628. The van der Waals surface area contributed by atoms with Crippen LogP contribution in [0.1, 0.15) is 36.7 Å². The molecule has 0 aromatic carbocycles. The molecule has 1 aliphatic rings. The predicted molar refractivity (Wildman–Crippen MR) is 70.2 cm³/mol. The van der Waals surface area contributed by atoms with Crippen LogP contribution in [0.2, 0.25) is 0 Å². The van der Waals surface area contributed by atoms with E-state index in [0.717, 1.165) is 38.3 Å². The SMILES string of the molecule is Cc1c(CNC2(C)CCCOC2)cc(C#N)n1C. The number of nitrogens with zero attached hydrogens (tertiary/aromatic N) is 2. The largest absolute Gasteiger partial charge is 0.380 e. The van der Waals surface area contributed by atoms with Gasteiger partial charge in [-0.3, -0.25) is 0 Å². The summed E-state index contributed by atoms with van der Waals surface area (Å²) in [5, 5.41) is 12.6. The molecule has 1 aromatic rings. The first-order valence-corrected chi connectivity index (χ1v) is 6.44. The van der Waals surface area contributed by atoms with Crippen molar-refractivity contribution in [3.63, 3.8) is 0 Å². The summed E-state index contributed by atoms with van der Waals surface area (Å²) in [5.74, 6) is 0. The van der Waals surface area contributed by atoms with E-state index in [1.807, 2.05) is 17.7 Å². The van der Waals surface area contributed by atoms with Crippen LogP contribution in [0.4, 0.5) is 0 Å². The van der Waals surface area contributed by atoms with Crippen molar-refractivity contribution in [2.75, 3.05) is 13.2 Å². The van der Waals surface area contributed by atoms with E-state index >= 15 is 0 Å². The van der Waals surface area contributed by atoms with Gasteiger partial charge in [0.15, 0.2) is 0 Å². The van der Waals surface area contributed by atoms with Crippen LogP contribution in [-0.4, -0.2) is 23.3 Å². The standard InChI is InChI=1S/C14H21N3O/c1-11-12(7-13(8-15)17(11)3)9-16-14(2)5-4-6-18-10-14/h7,16H,4-6,9-10H2,1-3H3. The van der Waals surface area contributed by atoms with Gasteiger partial charge in [0, 0.05) is 31.4 Å². The van der Waals surface area contributed by atoms with Crippen LogP contribution in [0, 0.1) is 18.3 Å². The van der Waals surface area contributed by atoms with Crippen molar-refractivity contribution in [3.05, 3.63) is 23.0 Å². The lowest BCUT2D eigenvalue weighted by Crippen LogP contribution is -2.48. The molecule has 1 aromatic heterocycles.